The van der Waals surface area contributed by atoms with E-state index in [2.05, 4.69) is 5.32 Å². The fourth-order valence-electron chi connectivity index (χ4n) is 1.53. The van der Waals surface area contributed by atoms with E-state index in [-0.39, 0.29) is 13.1 Å². The fraction of sp³-hybridized carbons (Fsp3) is 0.400. The zero-order chi connectivity index (χ0) is 10.2. The van der Waals surface area contributed by atoms with Gasteiger partial charge in [0, 0.05) is 18.4 Å². The molecule has 0 amide bonds. The quantitative estimate of drug-likeness (QED) is 0.783. The van der Waals surface area contributed by atoms with Crippen molar-refractivity contribution in [3.63, 3.8) is 0 Å². The summed E-state index contributed by atoms with van der Waals surface area (Å²) in [6.45, 7) is -0.322. The summed E-state index contributed by atoms with van der Waals surface area (Å²) in [4.78, 5) is 1.67. The third kappa shape index (κ3) is 1.64. The van der Waals surface area contributed by atoms with Gasteiger partial charge in [-0.2, -0.15) is 0 Å². The molecular formula is C10H12F2N2. The highest BCUT2D eigenvalue weighted by molar-refractivity contribution is 5.56. The second-order valence-corrected chi connectivity index (χ2v) is 3.51. The molecule has 0 spiro atoms. The van der Waals surface area contributed by atoms with Crippen LogP contribution in [0.1, 0.15) is 0 Å². The Bertz CT molecular complexity index is 313. The Morgan fingerprint density at radius 3 is 2.21 bits per heavy atom. The van der Waals surface area contributed by atoms with Crippen molar-refractivity contribution in [2.45, 2.75) is 5.92 Å². The second kappa shape index (κ2) is 3.12. The number of nitrogens with one attached hydrogen (secondary N) is 1. The zero-order valence-corrected chi connectivity index (χ0v) is 7.93. The lowest BCUT2D eigenvalue weighted by atomic mass is 10.1. The van der Waals surface area contributed by atoms with Gasteiger partial charge in [-0.3, -0.25) is 0 Å². The zero-order valence-electron chi connectivity index (χ0n) is 7.93. The van der Waals surface area contributed by atoms with Gasteiger partial charge in [-0.05, 0) is 24.3 Å². The number of hydrogen-bond acceptors (Lipinski definition) is 2. The SMILES string of the molecule is CNc1ccc(N2CC(F)(F)C2)cc1. The van der Waals surface area contributed by atoms with Gasteiger partial charge in [0.25, 0.3) is 5.92 Å². The summed E-state index contributed by atoms with van der Waals surface area (Å²) in [6, 6.07) is 7.46. The van der Waals surface area contributed by atoms with Crippen LogP contribution in [0.25, 0.3) is 0 Å². The maximum atomic E-state index is 12.6. The summed E-state index contributed by atoms with van der Waals surface area (Å²) in [7, 11) is 1.83. The highest BCUT2D eigenvalue weighted by atomic mass is 19.3. The first-order valence-electron chi connectivity index (χ1n) is 4.51. The molecule has 0 unspecified atom stereocenters. The van der Waals surface area contributed by atoms with E-state index in [0.717, 1.165) is 11.4 Å². The van der Waals surface area contributed by atoms with E-state index in [1.807, 2.05) is 31.3 Å². The molecule has 14 heavy (non-hydrogen) atoms. The Morgan fingerprint density at radius 2 is 1.79 bits per heavy atom. The van der Waals surface area contributed by atoms with Gasteiger partial charge in [-0.15, -0.1) is 0 Å². The standard InChI is InChI=1S/C10H12F2N2/c1-13-8-2-4-9(5-3-8)14-6-10(11,12)7-14/h2-5,13H,6-7H2,1H3. The molecule has 1 heterocycles. The highest BCUT2D eigenvalue weighted by Crippen LogP contribution is 2.31. The summed E-state index contributed by atoms with van der Waals surface area (Å²) in [5.74, 6) is -2.50. The number of alkyl halides is 2. The minimum absolute atomic E-state index is 0.161. The number of nitrogens with zero attached hydrogens (tertiary/aromatic N) is 1. The van der Waals surface area contributed by atoms with Crippen LogP contribution in [0.5, 0.6) is 0 Å². The van der Waals surface area contributed by atoms with Crippen molar-refractivity contribution in [3.8, 4) is 0 Å². The minimum Gasteiger partial charge on any atom is -0.388 e. The molecule has 1 aliphatic rings. The summed E-state index contributed by atoms with van der Waals surface area (Å²) < 4.78 is 25.1. The van der Waals surface area contributed by atoms with Crippen LogP contribution in [-0.4, -0.2) is 26.1 Å². The molecule has 0 bridgehead atoms. The molecule has 76 valence electrons. The first-order chi connectivity index (χ1) is 6.61. The van der Waals surface area contributed by atoms with E-state index < -0.39 is 5.92 Å². The van der Waals surface area contributed by atoms with Crippen molar-refractivity contribution in [2.24, 2.45) is 0 Å². The minimum atomic E-state index is -2.50. The average Bonchev–Trinajstić information content (AvgIpc) is 2.14. The van der Waals surface area contributed by atoms with Gasteiger partial charge in [0.15, 0.2) is 0 Å². The molecule has 1 aromatic carbocycles. The van der Waals surface area contributed by atoms with Crippen LogP contribution >= 0.6 is 0 Å². The van der Waals surface area contributed by atoms with Crippen molar-refractivity contribution in [1.29, 1.82) is 0 Å². The number of benzene rings is 1. The normalized spacial score (nSPS) is 18.9. The molecule has 4 heteroatoms. The molecule has 1 aromatic rings. The van der Waals surface area contributed by atoms with Crippen LogP contribution in [-0.2, 0) is 0 Å². The Hall–Kier alpha value is -1.32. The van der Waals surface area contributed by atoms with Gasteiger partial charge >= 0.3 is 0 Å². The second-order valence-electron chi connectivity index (χ2n) is 3.51. The predicted octanol–water partition coefficient (Wildman–Crippen LogP) is 2.18. The first-order valence-corrected chi connectivity index (χ1v) is 4.51. The number of hydrogen-bond donors (Lipinski definition) is 1. The van der Waals surface area contributed by atoms with Gasteiger partial charge in [0.1, 0.15) is 0 Å². The molecule has 1 aliphatic heterocycles. The fourth-order valence-corrected chi connectivity index (χ4v) is 1.53. The van der Waals surface area contributed by atoms with Crippen molar-refractivity contribution >= 4 is 11.4 Å². The van der Waals surface area contributed by atoms with Crippen LogP contribution < -0.4 is 10.2 Å². The van der Waals surface area contributed by atoms with Gasteiger partial charge in [-0.25, -0.2) is 8.78 Å². The Labute approximate surface area is 81.5 Å². The molecule has 0 aromatic heterocycles. The van der Waals surface area contributed by atoms with E-state index in [1.54, 1.807) is 4.90 Å². The van der Waals surface area contributed by atoms with Gasteiger partial charge in [0.2, 0.25) is 0 Å². The molecule has 2 nitrogen and oxygen atoms in total. The van der Waals surface area contributed by atoms with Crippen molar-refractivity contribution in [1.82, 2.24) is 0 Å². The summed E-state index contributed by atoms with van der Waals surface area (Å²) in [5.41, 5.74) is 1.84. The molecule has 1 fully saturated rings. The molecule has 0 saturated carbocycles. The maximum Gasteiger partial charge on any atom is 0.282 e. The third-order valence-corrected chi connectivity index (χ3v) is 2.37. The Morgan fingerprint density at radius 1 is 1.21 bits per heavy atom. The predicted molar refractivity (Wildman–Crippen MR) is 53.1 cm³/mol. The number of halogens is 2. The smallest absolute Gasteiger partial charge is 0.282 e. The van der Waals surface area contributed by atoms with E-state index in [1.165, 1.54) is 0 Å². The van der Waals surface area contributed by atoms with E-state index >= 15 is 0 Å². The largest absolute Gasteiger partial charge is 0.388 e. The monoisotopic (exact) mass is 198 g/mol. The molecule has 0 aliphatic carbocycles. The molecule has 2 rings (SSSR count). The van der Waals surface area contributed by atoms with Gasteiger partial charge in [-0.1, -0.05) is 0 Å². The highest BCUT2D eigenvalue weighted by Gasteiger charge is 2.43. The van der Waals surface area contributed by atoms with Crippen molar-refractivity contribution < 1.29 is 8.78 Å². The van der Waals surface area contributed by atoms with Crippen molar-refractivity contribution in [3.05, 3.63) is 24.3 Å². The Kier molecular flexibility index (Phi) is 2.06. The topological polar surface area (TPSA) is 15.3 Å². The molecule has 0 radical (unpaired) electrons. The summed E-state index contributed by atoms with van der Waals surface area (Å²) >= 11 is 0. The lowest BCUT2D eigenvalue weighted by Gasteiger charge is -2.40. The molecule has 1 saturated heterocycles. The maximum absolute atomic E-state index is 12.6. The number of anilines is 2. The van der Waals surface area contributed by atoms with Crippen LogP contribution in [0.15, 0.2) is 24.3 Å². The van der Waals surface area contributed by atoms with Gasteiger partial charge in [0.05, 0.1) is 13.1 Å². The molecular weight excluding hydrogens is 186 g/mol. The van der Waals surface area contributed by atoms with E-state index in [9.17, 15) is 8.78 Å². The van der Waals surface area contributed by atoms with E-state index in [0.29, 0.717) is 0 Å². The van der Waals surface area contributed by atoms with Crippen molar-refractivity contribution in [2.75, 3.05) is 30.4 Å². The number of rotatable bonds is 2. The Balaban J connectivity index is 2.05. The summed E-state index contributed by atoms with van der Waals surface area (Å²) in [5, 5.41) is 2.98. The first kappa shape index (κ1) is 9.24. The van der Waals surface area contributed by atoms with Crippen LogP contribution in [0.4, 0.5) is 20.2 Å². The van der Waals surface area contributed by atoms with Gasteiger partial charge < -0.3 is 10.2 Å². The van der Waals surface area contributed by atoms with Crippen LogP contribution in [0, 0.1) is 0 Å². The van der Waals surface area contributed by atoms with Crippen LogP contribution in [0.2, 0.25) is 0 Å². The van der Waals surface area contributed by atoms with Crippen LogP contribution in [0.3, 0.4) is 0 Å². The lowest BCUT2D eigenvalue weighted by molar-refractivity contribution is -0.0262. The third-order valence-electron chi connectivity index (χ3n) is 2.37. The molecule has 1 N–H and O–H groups in total. The lowest BCUT2D eigenvalue weighted by Crippen LogP contribution is -2.56. The van der Waals surface area contributed by atoms with E-state index in [4.69, 9.17) is 0 Å². The summed E-state index contributed by atoms with van der Waals surface area (Å²) in [6.07, 6.45) is 0. The molecule has 0 atom stereocenters. The average molecular weight is 198 g/mol.